The lowest BCUT2D eigenvalue weighted by Crippen LogP contribution is -2.22. The number of nitrogens with one attached hydrogen (secondary N) is 1. The third kappa shape index (κ3) is 4.07. The third-order valence-electron chi connectivity index (χ3n) is 1.91. The van der Waals surface area contributed by atoms with E-state index < -0.39 is 10.0 Å². The van der Waals surface area contributed by atoms with Gasteiger partial charge in [-0.3, -0.25) is 0 Å². The minimum atomic E-state index is -3.43. The fourth-order valence-corrected chi connectivity index (χ4v) is 1.85. The Bertz CT molecular complexity index is 425. The van der Waals surface area contributed by atoms with Gasteiger partial charge in [-0.05, 0) is 18.6 Å². The molecule has 0 atom stereocenters. The van der Waals surface area contributed by atoms with Gasteiger partial charge in [-0.25, -0.2) is 13.6 Å². The summed E-state index contributed by atoms with van der Waals surface area (Å²) in [5, 5.41) is 8.40. The smallest absolute Gasteiger partial charge is 0.210 e. The number of primary sulfonamides is 1. The molecule has 6 heteroatoms. The molecular formula is C9H13ClN2O2S. The molecule has 1 aromatic rings. The molecule has 4 nitrogen and oxygen atoms in total. The van der Waals surface area contributed by atoms with E-state index in [-0.39, 0.29) is 12.3 Å². The maximum Gasteiger partial charge on any atom is 0.210 e. The molecule has 0 aliphatic heterocycles. The van der Waals surface area contributed by atoms with Crippen LogP contribution in [0.1, 0.15) is 5.56 Å². The minimum absolute atomic E-state index is 0.113. The largest absolute Gasteiger partial charge is 0.383 e. The number of sulfonamides is 1. The van der Waals surface area contributed by atoms with Crippen molar-refractivity contribution < 1.29 is 8.42 Å². The van der Waals surface area contributed by atoms with Crippen LogP contribution in [0.2, 0.25) is 5.02 Å². The summed E-state index contributed by atoms with van der Waals surface area (Å²) in [5.41, 5.74) is 1.72. The molecule has 0 saturated heterocycles. The molecule has 84 valence electrons. The van der Waals surface area contributed by atoms with Crippen LogP contribution < -0.4 is 10.5 Å². The fraction of sp³-hybridized carbons (Fsp3) is 0.333. The summed E-state index contributed by atoms with van der Waals surface area (Å²) in [4.78, 5) is 0. The molecule has 0 amide bonds. The number of para-hydroxylation sites is 1. The Morgan fingerprint density at radius 2 is 2.13 bits per heavy atom. The van der Waals surface area contributed by atoms with Crippen LogP contribution >= 0.6 is 11.6 Å². The number of aryl methyl sites for hydroxylation is 1. The number of hydrogen-bond acceptors (Lipinski definition) is 3. The molecule has 0 saturated carbocycles. The molecule has 0 heterocycles. The lowest BCUT2D eigenvalue weighted by molar-refractivity contribution is 0.598. The minimum Gasteiger partial charge on any atom is -0.383 e. The molecule has 0 fully saturated rings. The average molecular weight is 249 g/mol. The van der Waals surface area contributed by atoms with Crippen molar-refractivity contribution in [1.82, 2.24) is 0 Å². The monoisotopic (exact) mass is 248 g/mol. The van der Waals surface area contributed by atoms with E-state index in [4.69, 9.17) is 16.7 Å². The van der Waals surface area contributed by atoms with Crippen LogP contribution in [0, 0.1) is 6.92 Å². The fourth-order valence-electron chi connectivity index (χ4n) is 1.17. The number of nitrogens with two attached hydrogens (primary N) is 1. The van der Waals surface area contributed by atoms with Gasteiger partial charge in [-0.1, -0.05) is 23.7 Å². The molecule has 3 N–H and O–H groups in total. The van der Waals surface area contributed by atoms with Crippen molar-refractivity contribution >= 4 is 27.3 Å². The van der Waals surface area contributed by atoms with E-state index in [1.165, 1.54) is 0 Å². The summed E-state index contributed by atoms with van der Waals surface area (Å²) < 4.78 is 21.4. The highest BCUT2D eigenvalue weighted by atomic mass is 35.5. The van der Waals surface area contributed by atoms with Crippen LogP contribution in [0.25, 0.3) is 0 Å². The van der Waals surface area contributed by atoms with Crippen molar-refractivity contribution in [2.45, 2.75) is 6.92 Å². The molecule has 0 bridgehead atoms. The Kier molecular flexibility index (Phi) is 3.96. The second-order valence-electron chi connectivity index (χ2n) is 3.23. The van der Waals surface area contributed by atoms with Gasteiger partial charge in [-0.15, -0.1) is 0 Å². The Labute approximate surface area is 94.5 Å². The molecule has 0 spiro atoms. The van der Waals surface area contributed by atoms with Crippen molar-refractivity contribution in [3.05, 3.63) is 28.8 Å². The molecule has 0 aliphatic rings. The molecule has 15 heavy (non-hydrogen) atoms. The first-order chi connectivity index (χ1) is 6.90. The van der Waals surface area contributed by atoms with E-state index in [0.717, 1.165) is 11.3 Å². The summed E-state index contributed by atoms with van der Waals surface area (Å²) in [6.45, 7) is 2.15. The molecule has 0 aliphatic carbocycles. The van der Waals surface area contributed by atoms with Gasteiger partial charge in [0.25, 0.3) is 0 Å². The molecule has 0 radical (unpaired) electrons. The van der Waals surface area contributed by atoms with Crippen LogP contribution in [0.5, 0.6) is 0 Å². The van der Waals surface area contributed by atoms with Crippen LogP contribution in [0.3, 0.4) is 0 Å². The van der Waals surface area contributed by atoms with E-state index in [1.807, 2.05) is 19.1 Å². The Morgan fingerprint density at radius 1 is 1.47 bits per heavy atom. The zero-order valence-electron chi connectivity index (χ0n) is 8.33. The normalized spacial score (nSPS) is 11.4. The number of halogens is 1. The van der Waals surface area contributed by atoms with Gasteiger partial charge >= 0.3 is 0 Å². The second kappa shape index (κ2) is 4.83. The quantitative estimate of drug-likeness (QED) is 0.845. The van der Waals surface area contributed by atoms with Crippen LogP contribution in [0.4, 0.5) is 5.69 Å². The number of benzene rings is 1. The van der Waals surface area contributed by atoms with Crippen molar-refractivity contribution in [3.8, 4) is 0 Å². The van der Waals surface area contributed by atoms with Gasteiger partial charge < -0.3 is 5.32 Å². The van der Waals surface area contributed by atoms with Gasteiger partial charge in [-0.2, -0.15) is 0 Å². The average Bonchev–Trinajstić information content (AvgIpc) is 2.08. The maximum atomic E-state index is 10.7. The predicted octanol–water partition coefficient (Wildman–Crippen LogP) is 1.35. The van der Waals surface area contributed by atoms with Crippen LogP contribution in [-0.2, 0) is 10.0 Å². The summed E-state index contributed by atoms with van der Waals surface area (Å²) in [5.74, 6) is -0.113. The van der Waals surface area contributed by atoms with Crippen LogP contribution in [0.15, 0.2) is 18.2 Å². The van der Waals surface area contributed by atoms with Gasteiger partial charge in [0.1, 0.15) is 0 Å². The maximum absolute atomic E-state index is 10.7. The molecule has 1 aromatic carbocycles. The first kappa shape index (κ1) is 12.3. The van der Waals surface area contributed by atoms with Crippen molar-refractivity contribution in [2.75, 3.05) is 17.6 Å². The summed E-state index contributed by atoms with van der Waals surface area (Å²) in [7, 11) is -3.43. The van der Waals surface area contributed by atoms with Gasteiger partial charge in [0, 0.05) is 6.54 Å². The summed E-state index contributed by atoms with van der Waals surface area (Å²) >= 11 is 5.94. The summed E-state index contributed by atoms with van der Waals surface area (Å²) in [6, 6.07) is 5.47. The van der Waals surface area contributed by atoms with Gasteiger partial charge in [0.05, 0.1) is 16.5 Å². The highest BCUT2D eigenvalue weighted by Crippen LogP contribution is 2.24. The Hall–Kier alpha value is -0.780. The highest BCUT2D eigenvalue weighted by molar-refractivity contribution is 7.89. The van der Waals surface area contributed by atoms with E-state index in [1.54, 1.807) is 6.07 Å². The highest BCUT2D eigenvalue weighted by Gasteiger charge is 2.05. The number of hydrogen-bond donors (Lipinski definition) is 2. The van der Waals surface area contributed by atoms with E-state index in [9.17, 15) is 8.42 Å². The lowest BCUT2D eigenvalue weighted by atomic mass is 10.2. The zero-order valence-corrected chi connectivity index (χ0v) is 9.90. The van der Waals surface area contributed by atoms with Crippen molar-refractivity contribution in [3.63, 3.8) is 0 Å². The lowest BCUT2D eigenvalue weighted by Gasteiger charge is -2.10. The number of rotatable bonds is 4. The molecule has 0 unspecified atom stereocenters. The first-order valence-corrected chi connectivity index (χ1v) is 6.49. The molecule has 0 aromatic heterocycles. The Balaban J connectivity index is 2.66. The van der Waals surface area contributed by atoms with E-state index in [0.29, 0.717) is 5.02 Å². The first-order valence-electron chi connectivity index (χ1n) is 4.39. The molecule has 1 rings (SSSR count). The van der Waals surface area contributed by atoms with E-state index in [2.05, 4.69) is 5.32 Å². The van der Waals surface area contributed by atoms with Crippen molar-refractivity contribution in [1.29, 1.82) is 0 Å². The van der Waals surface area contributed by atoms with Gasteiger partial charge in [0.2, 0.25) is 10.0 Å². The van der Waals surface area contributed by atoms with Gasteiger partial charge in [0.15, 0.2) is 0 Å². The zero-order chi connectivity index (χ0) is 11.5. The van der Waals surface area contributed by atoms with Crippen LogP contribution in [-0.4, -0.2) is 20.7 Å². The topological polar surface area (TPSA) is 72.2 Å². The Morgan fingerprint density at radius 3 is 2.67 bits per heavy atom. The third-order valence-corrected chi connectivity index (χ3v) is 3.00. The van der Waals surface area contributed by atoms with Crippen molar-refractivity contribution in [2.24, 2.45) is 5.14 Å². The second-order valence-corrected chi connectivity index (χ2v) is 5.37. The summed E-state index contributed by atoms with van der Waals surface area (Å²) in [6.07, 6.45) is 0. The SMILES string of the molecule is Cc1cccc(Cl)c1NCCS(N)(=O)=O. The van der Waals surface area contributed by atoms with E-state index >= 15 is 0 Å². The number of anilines is 1. The predicted molar refractivity (Wildman–Crippen MR) is 62.7 cm³/mol. The standard InChI is InChI=1S/C9H13ClN2O2S/c1-7-3-2-4-8(10)9(7)12-5-6-15(11,13)14/h2-4,12H,5-6H2,1H3,(H2,11,13,14). The molecular weight excluding hydrogens is 236 g/mol.